The number of hydrogen-bond acceptors (Lipinski definition) is 6. The number of nitrogens with one attached hydrogen (secondary N) is 2. The first kappa shape index (κ1) is 23.3. The van der Waals surface area contributed by atoms with Crippen molar-refractivity contribution in [3.8, 4) is 0 Å². The third-order valence-corrected chi connectivity index (χ3v) is 3.03. The highest BCUT2D eigenvalue weighted by molar-refractivity contribution is 5.89. The number of amides is 2. The van der Waals surface area contributed by atoms with E-state index in [1.165, 1.54) is 0 Å². The summed E-state index contributed by atoms with van der Waals surface area (Å²) < 4.78 is 15.8. The number of esters is 1. The Kier molecular flexibility index (Phi) is 8.28. The largest absolute Gasteiger partial charge is 0.455 e. The van der Waals surface area contributed by atoms with Crippen LogP contribution in [-0.2, 0) is 14.2 Å². The van der Waals surface area contributed by atoms with Crippen molar-refractivity contribution in [3.05, 3.63) is 35.9 Å². The zero-order valence-corrected chi connectivity index (χ0v) is 17.3. The van der Waals surface area contributed by atoms with Gasteiger partial charge in [-0.2, -0.15) is 0 Å². The molecule has 0 unspecified atom stereocenters. The van der Waals surface area contributed by atoms with E-state index in [9.17, 15) is 14.4 Å². The maximum Gasteiger partial charge on any atom is 0.407 e. The second-order valence-corrected chi connectivity index (χ2v) is 8.16. The van der Waals surface area contributed by atoms with Gasteiger partial charge in [-0.05, 0) is 53.7 Å². The molecule has 0 heterocycles. The zero-order chi connectivity index (χ0) is 21.4. The van der Waals surface area contributed by atoms with E-state index in [4.69, 9.17) is 14.2 Å². The van der Waals surface area contributed by atoms with Crippen LogP contribution in [0.1, 0.15) is 51.9 Å². The summed E-state index contributed by atoms with van der Waals surface area (Å²) >= 11 is 0. The van der Waals surface area contributed by atoms with Crippen molar-refractivity contribution in [1.82, 2.24) is 10.6 Å². The van der Waals surface area contributed by atoms with Crippen LogP contribution in [0.5, 0.6) is 0 Å². The minimum absolute atomic E-state index is 0.0384. The fraction of sp³-hybridized carbons (Fsp3) is 0.550. The van der Waals surface area contributed by atoms with Crippen LogP contribution in [0.15, 0.2) is 30.3 Å². The summed E-state index contributed by atoms with van der Waals surface area (Å²) in [5, 5.41) is 5.08. The molecule has 0 aromatic heterocycles. The van der Waals surface area contributed by atoms with Gasteiger partial charge in [-0.15, -0.1) is 0 Å². The number of alkyl carbamates (subject to hydrolysis) is 2. The van der Waals surface area contributed by atoms with Gasteiger partial charge in [-0.3, -0.25) is 0 Å². The maximum absolute atomic E-state index is 12.3. The van der Waals surface area contributed by atoms with Crippen molar-refractivity contribution in [1.29, 1.82) is 0 Å². The van der Waals surface area contributed by atoms with Gasteiger partial charge in [0, 0.05) is 0 Å². The van der Waals surface area contributed by atoms with Crippen LogP contribution in [0.4, 0.5) is 9.59 Å². The highest BCUT2D eigenvalue weighted by atomic mass is 16.6. The van der Waals surface area contributed by atoms with E-state index in [1.807, 2.05) is 0 Å². The molecule has 0 atom stereocenters. The molecular weight excluding hydrogens is 364 g/mol. The molecule has 1 aromatic carbocycles. The lowest BCUT2D eigenvalue weighted by atomic mass is 10.2. The van der Waals surface area contributed by atoms with E-state index in [0.29, 0.717) is 5.56 Å². The highest BCUT2D eigenvalue weighted by Crippen LogP contribution is 2.08. The molecule has 1 aromatic rings. The molecule has 0 fully saturated rings. The Morgan fingerprint density at radius 2 is 1.25 bits per heavy atom. The molecule has 2 N–H and O–H groups in total. The zero-order valence-electron chi connectivity index (χ0n) is 17.3. The molecule has 2 amide bonds. The predicted octanol–water partition coefficient (Wildman–Crippen LogP) is 3.26. The number of carbonyl (C=O) groups is 3. The average molecular weight is 394 g/mol. The molecule has 0 aliphatic rings. The smallest absolute Gasteiger partial charge is 0.407 e. The molecule has 0 bridgehead atoms. The summed E-state index contributed by atoms with van der Waals surface area (Å²) in [5.74, 6) is -0.567. The maximum atomic E-state index is 12.3. The Bertz CT molecular complexity index is 630. The lowest BCUT2D eigenvalue weighted by Crippen LogP contribution is -2.44. The lowest BCUT2D eigenvalue weighted by Gasteiger charge is -2.23. The van der Waals surface area contributed by atoms with Crippen molar-refractivity contribution < 1.29 is 28.6 Å². The van der Waals surface area contributed by atoms with E-state index >= 15 is 0 Å². The van der Waals surface area contributed by atoms with Gasteiger partial charge in [-0.25, -0.2) is 14.4 Å². The van der Waals surface area contributed by atoms with Crippen LogP contribution < -0.4 is 10.6 Å². The molecule has 1 rings (SSSR count). The Labute approximate surface area is 165 Å². The molecule has 0 saturated heterocycles. The average Bonchev–Trinajstić information content (AvgIpc) is 2.55. The highest BCUT2D eigenvalue weighted by Gasteiger charge is 2.22. The molecule has 0 saturated carbocycles. The first-order chi connectivity index (χ1) is 12.9. The predicted molar refractivity (Wildman–Crippen MR) is 104 cm³/mol. The monoisotopic (exact) mass is 394 g/mol. The van der Waals surface area contributed by atoms with Crippen LogP contribution in [-0.4, -0.2) is 48.6 Å². The molecule has 0 radical (unpaired) electrons. The van der Waals surface area contributed by atoms with Crippen molar-refractivity contribution in [2.75, 3.05) is 13.1 Å². The number of benzene rings is 1. The topological polar surface area (TPSA) is 103 Å². The Balaban J connectivity index is 2.69. The third kappa shape index (κ3) is 10.4. The van der Waals surface area contributed by atoms with Gasteiger partial charge < -0.3 is 24.8 Å². The van der Waals surface area contributed by atoms with E-state index < -0.39 is 35.5 Å². The first-order valence-corrected chi connectivity index (χ1v) is 9.05. The van der Waals surface area contributed by atoms with Crippen molar-refractivity contribution in [2.24, 2.45) is 0 Å². The molecule has 0 spiro atoms. The van der Waals surface area contributed by atoms with Gasteiger partial charge >= 0.3 is 18.2 Å². The summed E-state index contributed by atoms with van der Waals surface area (Å²) in [7, 11) is 0. The Morgan fingerprint density at radius 1 is 0.821 bits per heavy atom. The summed E-state index contributed by atoms with van der Waals surface area (Å²) in [6, 6.07) is 8.43. The summed E-state index contributed by atoms with van der Waals surface area (Å²) in [5.41, 5.74) is -0.952. The van der Waals surface area contributed by atoms with Crippen LogP contribution in [0.2, 0.25) is 0 Å². The van der Waals surface area contributed by atoms with Gasteiger partial charge in [0.05, 0.1) is 18.7 Å². The molecule has 156 valence electrons. The van der Waals surface area contributed by atoms with E-state index in [-0.39, 0.29) is 13.1 Å². The SMILES string of the molecule is CC(C)(C)OC(=O)NCC(CNC(=O)OC(C)(C)C)OC(=O)c1ccccc1. The Morgan fingerprint density at radius 3 is 1.64 bits per heavy atom. The van der Waals surface area contributed by atoms with Gasteiger partial charge in [0.2, 0.25) is 0 Å². The molecular formula is C20H30N2O6. The van der Waals surface area contributed by atoms with Crippen molar-refractivity contribution in [3.63, 3.8) is 0 Å². The number of ether oxygens (including phenoxy) is 3. The number of hydrogen-bond donors (Lipinski definition) is 2. The number of rotatable bonds is 6. The molecule has 8 heteroatoms. The molecule has 0 aliphatic carbocycles. The number of carbonyl (C=O) groups excluding carboxylic acids is 3. The van der Waals surface area contributed by atoms with Gasteiger partial charge in [0.1, 0.15) is 17.3 Å². The molecule has 28 heavy (non-hydrogen) atoms. The van der Waals surface area contributed by atoms with E-state index in [0.717, 1.165) is 0 Å². The standard InChI is InChI=1S/C20H30N2O6/c1-19(2,3)27-17(24)21-12-15(13-22-18(25)28-20(4,5)6)26-16(23)14-10-8-7-9-11-14/h7-11,15H,12-13H2,1-6H3,(H,21,24)(H,22,25). The summed E-state index contributed by atoms with van der Waals surface area (Å²) in [6.07, 6.45) is -2.11. The second kappa shape index (κ2) is 9.96. The van der Waals surface area contributed by atoms with E-state index in [2.05, 4.69) is 10.6 Å². The van der Waals surface area contributed by atoms with Gasteiger partial charge in [-0.1, -0.05) is 18.2 Å². The van der Waals surface area contributed by atoms with E-state index in [1.54, 1.807) is 71.9 Å². The second-order valence-electron chi connectivity index (χ2n) is 8.16. The van der Waals surface area contributed by atoms with Crippen LogP contribution in [0.25, 0.3) is 0 Å². The molecule has 0 aliphatic heterocycles. The van der Waals surface area contributed by atoms with Crippen LogP contribution in [0.3, 0.4) is 0 Å². The normalized spacial score (nSPS) is 11.5. The van der Waals surface area contributed by atoms with Crippen molar-refractivity contribution in [2.45, 2.75) is 58.8 Å². The van der Waals surface area contributed by atoms with Crippen LogP contribution in [0, 0.1) is 0 Å². The first-order valence-electron chi connectivity index (χ1n) is 9.05. The van der Waals surface area contributed by atoms with Crippen LogP contribution >= 0.6 is 0 Å². The van der Waals surface area contributed by atoms with Crippen molar-refractivity contribution >= 4 is 18.2 Å². The fourth-order valence-corrected chi connectivity index (χ4v) is 1.97. The fourth-order valence-electron chi connectivity index (χ4n) is 1.97. The van der Waals surface area contributed by atoms with Gasteiger partial charge in [0.15, 0.2) is 0 Å². The van der Waals surface area contributed by atoms with Gasteiger partial charge in [0.25, 0.3) is 0 Å². The summed E-state index contributed by atoms with van der Waals surface area (Å²) in [6.45, 7) is 10.4. The Hall–Kier alpha value is -2.77. The minimum atomic E-state index is -0.812. The third-order valence-electron chi connectivity index (χ3n) is 3.03. The lowest BCUT2D eigenvalue weighted by molar-refractivity contribution is 0.0221. The minimum Gasteiger partial charge on any atom is -0.455 e. The quantitative estimate of drug-likeness (QED) is 0.567. The summed E-state index contributed by atoms with van der Waals surface area (Å²) in [4.78, 5) is 36.0. The molecule has 8 nitrogen and oxygen atoms in total.